The normalized spacial score (nSPS) is 10.8. The second-order valence-corrected chi connectivity index (χ2v) is 5.78. The van der Waals surface area contributed by atoms with Gasteiger partial charge in [0.1, 0.15) is 11.4 Å². The lowest BCUT2D eigenvalue weighted by Gasteiger charge is -2.06. The third-order valence-electron chi connectivity index (χ3n) is 3.28. The number of imidazole rings is 1. The highest BCUT2D eigenvalue weighted by Gasteiger charge is 2.11. The molecule has 6 heteroatoms. The molecule has 2 aromatic heterocycles. The smallest absolute Gasteiger partial charge is 0.255 e. The van der Waals surface area contributed by atoms with Crippen molar-refractivity contribution >= 4 is 27.5 Å². The summed E-state index contributed by atoms with van der Waals surface area (Å²) < 4.78 is 2.69. The molecule has 0 aliphatic carbocycles. The molecule has 2 heterocycles. The Labute approximate surface area is 135 Å². The second kappa shape index (κ2) is 6.19. The highest BCUT2D eigenvalue weighted by molar-refractivity contribution is 9.10. The van der Waals surface area contributed by atoms with E-state index in [2.05, 4.69) is 26.2 Å². The fourth-order valence-corrected chi connectivity index (χ4v) is 2.56. The van der Waals surface area contributed by atoms with Crippen LogP contribution in [0, 0.1) is 0 Å². The third-order valence-corrected chi connectivity index (χ3v) is 3.78. The Kier molecular flexibility index (Phi) is 4.11. The molecule has 0 fully saturated rings. The number of amides is 1. The van der Waals surface area contributed by atoms with Crippen LogP contribution in [0.4, 0.5) is 0 Å². The van der Waals surface area contributed by atoms with E-state index in [4.69, 9.17) is 0 Å². The zero-order valence-electron chi connectivity index (χ0n) is 11.7. The van der Waals surface area contributed by atoms with Crippen LogP contribution in [-0.2, 0) is 6.42 Å². The van der Waals surface area contributed by atoms with Crippen molar-refractivity contribution in [1.29, 1.82) is 0 Å². The number of hydrogen-bond donors (Lipinski definition) is 2. The second-order valence-electron chi connectivity index (χ2n) is 4.87. The standard InChI is InChI=1S/C16H14BrN3O2/c17-11-4-5-14(21)13(9-11)16(22)18-7-6-12-10-20-8-2-1-3-15(20)19-12/h1-5,8-10,21H,6-7H2,(H,18,22). The van der Waals surface area contributed by atoms with Gasteiger partial charge in [-0.25, -0.2) is 4.98 Å². The van der Waals surface area contributed by atoms with Crippen LogP contribution in [-0.4, -0.2) is 26.9 Å². The fraction of sp³-hybridized carbons (Fsp3) is 0.125. The highest BCUT2D eigenvalue weighted by Crippen LogP contribution is 2.21. The number of carbonyl (C=O) groups is 1. The largest absolute Gasteiger partial charge is 0.507 e. The van der Waals surface area contributed by atoms with Crippen LogP contribution in [0.3, 0.4) is 0 Å². The van der Waals surface area contributed by atoms with E-state index in [-0.39, 0.29) is 17.2 Å². The number of phenolic OH excluding ortho intramolecular Hbond substituents is 1. The van der Waals surface area contributed by atoms with E-state index in [1.165, 1.54) is 6.07 Å². The van der Waals surface area contributed by atoms with Gasteiger partial charge < -0.3 is 14.8 Å². The van der Waals surface area contributed by atoms with Crippen molar-refractivity contribution in [3.8, 4) is 5.75 Å². The van der Waals surface area contributed by atoms with Gasteiger partial charge in [0.2, 0.25) is 0 Å². The summed E-state index contributed by atoms with van der Waals surface area (Å²) in [5.74, 6) is -0.337. The minimum absolute atomic E-state index is 0.0339. The molecule has 0 bridgehead atoms. The number of nitrogens with one attached hydrogen (secondary N) is 1. The van der Waals surface area contributed by atoms with E-state index in [0.717, 1.165) is 15.8 Å². The average molecular weight is 360 g/mol. The van der Waals surface area contributed by atoms with Crippen LogP contribution >= 0.6 is 15.9 Å². The molecule has 0 radical (unpaired) electrons. The van der Waals surface area contributed by atoms with Crippen molar-refractivity contribution in [2.75, 3.05) is 6.54 Å². The van der Waals surface area contributed by atoms with Gasteiger partial charge in [-0.05, 0) is 30.3 Å². The van der Waals surface area contributed by atoms with Crippen LogP contribution in [0.15, 0.2) is 53.3 Å². The Hall–Kier alpha value is -2.34. The number of halogens is 1. The van der Waals surface area contributed by atoms with Crippen LogP contribution in [0.1, 0.15) is 16.1 Å². The number of pyridine rings is 1. The Balaban J connectivity index is 1.62. The molecule has 0 atom stereocenters. The fourth-order valence-electron chi connectivity index (χ4n) is 2.20. The van der Waals surface area contributed by atoms with E-state index in [0.29, 0.717) is 13.0 Å². The van der Waals surface area contributed by atoms with Gasteiger partial charge in [0.25, 0.3) is 5.91 Å². The lowest BCUT2D eigenvalue weighted by molar-refractivity contribution is 0.0951. The van der Waals surface area contributed by atoms with Gasteiger partial charge in [-0.2, -0.15) is 0 Å². The first-order valence-corrected chi connectivity index (χ1v) is 7.62. The molecule has 5 nitrogen and oxygen atoms in total. The van der Waals surface area contributed by atoms with E-state index in [9.17, 15) is 9.90 Å². The maximum atomic E-state index is 12.1. The van der Waals surface area contributed by atoms with Gasteiger partial charge >= 0.3 is 0 Å². The van der Waals surface area contributed by atoms with Crippen LogP contribution < -0.4 is 5.32 Å². The number of aromatic nitrogens is 2. The Morgan fingerprint density at radius 2 is 2.18 bits per heavy atom. The first kappa shape index (κ1) is 14.6. The van der Waals surface area contributed by atoms with Crippen LogP contribution in [0.2, 0.25) is 0 Å². The van der Waals surface area contributed by atoms with Crippen molar-refractivity contribution < 1.29 is 9.90 Å². The van der Waals surface area contributed by atoms with Gasteiger partial charge in [0.15, 0.2) is 0 Å². The predicted octanol–water partition coefficient (Wildman–Crippen LogP) is 2.77. The predicted molar refractivity (Wildman–Crippen MR) is 87.0 cm³/mol. The van der Waals surface area contributed by atoms with Crippen molar-refractivity contribution in [1.82, 2.24) is 14.7 Å². The average Bonchev–Trinajstić information content (AvgIpc) is 2.92. The van der Waals surface area contributed by atoms with Gasteiger partial charge in [0.05, 0.1) is 11.3 Å². The summed E-state index contributed by atoms with van der Waals surface area (Å²) in [5.41, 5.74) is 2.04. The number of phenols is 1. The van der Waals surface area contributed by atoms with E-state index in [1.807, 2.05) is 35.0 Å². The number of nitrogens with zero attached hydrogens (tertiary/aromatic N) is 2. The van der Waals surface area contributed by atoms with Crippen LogP contribution in [0.5, 0.6) is 5.75 Å². The summed E-state index contributed by atoms with van der Waals surface area (Å²) in [6, 6.07) is 10.6. The number of aromatic hydroxyl groups is 1. The summed E-state index contributed by atoms with van der Waals surface area (Å²) in [6.45, 7) is 0.453. The number of benzene rings is 1. The molecule has 0 unspecified atom stereocenters. The van der Waals surface area contributed by atoms with E-state index < -0.39 is 0 Å². The molecule has 1 aromatic carbocycles. The Bertz CT molecular complexity index is 796. The molecule has 1 amide bonds. The molecule has 0 aliphatic heterocycles. The summed E-state index contributed by atoms with van der Waals surface area (Å²) in [7, 11) is 0. The summed E-state index contributed by atoms with van der Waals surface area (Å²) >= 11 is 3.29. The lowest BCUT2D eigenvalue weighted by atomic mass is 10.2. The summed E-state index contributed by atoms with van der Waals surface area (Å²) in [5, 5.41) is 12.5. The summed E-state index contributed by atoms with van der Waals surface area (Å²) in [4.78, 5) is 16.5. The van der Waals surface area contributed by atoms with Gasteiger partial charge in [-0.3, -0.25) is 4.79 Å². The minimum atomic E-state index is -0.303. The molecule has 112 valence electrons. The first-order valence-electron chi connectivity index (χ1n) is 6.83. The molecule has 0 aliphatic rings. The molecular weight excluding hydrogens is 346 g/mol. The molecule has 3 aromatic rings. The van der Waals surface area contributed by atoms with E-state index in [1.54, 1.807) is 12.1 Å². The zero-order valence-corrected chi connectivity index (χ0v) is 13.2. The quantitative estimate of drug-likeness (QED) is 0.752. The van der Waals surface area contributed by atoms with Crippen molar-refractivity contribution in [3.05, 3.63) is 64.5 Å². The van der Waals surface area contributed by atoms with Gasteiger partial charge in [-0.1, -0.05) is 22.0 Å². The third kappa shape index (κ3) is 3.12. The molecule has 22 heavy (non-hydrogen) atoms. The summed E-state index contributed by atoms with van der Waals surface area (Å²) in [6.07, 6.45) is 4.50. The van der Waals surface area contributed by atoms with Crippen molar-refractivity contribution in [3.63, 3.8) is 0 Å². The molecule has 0 saturated carbocycles. The zero-order chi connectivity index (χ0) is 15.5. The van der Waals surface area contributed by atoms with Crippen molar-refractivity contribution in [2.45, 2.75) is 6.42 Å². The molecule has 0 spiro atoms. The molecule has 3 rings (SSSR count). The minimum Gasteiger partial charge on any atom is -0.507 e. The maximum Gasteiger partial charge on any atom is 0.255 e. The van der Waals surface area contributed by atoms with Gasteiger partial charge in [0, 0.05) is 29.8 Å². The van der Waals surface area contributed by atoms with E-state index >= 15 is 0 Å². The first-order chi connectivity index (χ1) is 10.6. The number of hydrogen-bond acceptors (Lipinski definition) is 3. The maximum absolute atomic E-state index is 12.1. The van der Waals surface area contributed by atoms with Gasteiger partial charge in [-0.15, -0.1) is 0 Å². The number of carbonyl (C=O) groups excluding carboxylic acids is 1. The Morgan fingerprint density at radius 3 is 3.00 bits per heavy atom. The molecule has 2 N–H and O–H groups in total. The molecular formula is C16H14BrN3O2. The monoisotopic (exact) mass is 359 g/mol. The number of rotatable bonds is 4. The molecule has 0 saturated heterocycles. The van der Waals surface area contributed by atoms with Crippen LogP contribution in [0.25, 0.3) is 5.65 Å². The Morgan fingerprint density at radius 1 is 1.32 bits per heavy atom. The topological polar surface area (TPSA) is 66.6 Å². The number of fused-ring (bicyclic) bond motifs is 1. The SMILES string of the molecule is O=C(NCCc1cn2ccccc2n1)c1cc(Br)ccc1O. The van der Waals surface area contributed by atoms with Crippen molar-refractivity contribution in [2.24, 2.45) is 0 Å². The highest BCUT2D eigenvalue weighted by atomic mass is 79.9. The lowest BCUT2D eigenvalue weighted by Crippen LogP contribution is -2.25.